The minimum Gasteiger partial charge on any atom is -0.465 e. The van der Waals surface area contributed by atoms with Crippen LogP contribution in [-0.2, 0) is 32.0 Å². The van der Waals surface area contributed by atoms with Gasteiger partial charge < -0.3 is 38.1 Å². The minimum absolute atomic E-state index is 0.0806. The summed E-state index contributed by atoms with van der Waals surface area (Å²) in [7, 11) is 1.33. The molecular formula is C40H48BBrN2O10. The summed E-state index contributed by atoms with van der Waals surface area (Å²) in [6.45, 7) is 8.06. The quantitative estimate of drug-likeness (QED) is 0.192. The molecule has 0 spiro atoms. The predicted octanol–water partition coefficient (Wildman–Crippen LogP) is 4.54. The zero-order chi connectivity index (χ0) is 39.2. The van der Waals surface area contributed by atoms with Crippen LogP contribution in [0.5, 0.6) is 0 Å². The number of aryl methyl sites for hydroxylation is 2. The van der Waals surface area contributed by atoms with E-state index in [1.807, 2.05) is 50.2 Å². The van der Waals surface area contributed by atoms with Gasteiger partial charge in [0.1, 0.15) is 0 Å². The molecule has 14 heteroatoms. The lowest BCUT2D eigenvalue weighted by atomic mass is 9.80. The van der Waals surface area contributed by atoms with E-state index in [-0.39, 0.29) is 11.1 Å². The third-order valence-corrected chi connectivity index (χ3v) is 9.87. The van der Waals surface area contributed by atoms with Crippen molar-refractivity contribution < 1.29 is 38.6 Å². The molecule has 0 saturated carbocycles. The molecule has 0 bridgehead atoms. The highest BCUT2D eigenvalue weighted by molar-refractivity contribution is 9.10. The summed E-state index contributed by atoms with van der Waals surface area (Å²) in [5.41, 5.74) is 4.66. The lowest BCUT2D eigenvalue weighted by Gasteiger charge is -2.23. The summed E-state index contributed by atoms with van der Waals surface area (Å²) in [5, 5.41) is 17.3. The van der Waals surface area contributed by atoms with Gasteiger partial charge in [0.15, 0.2) is 0 Å². The molecule has 2 aromatic heterocycles. The number of carbonyl (C=O) groups is 2. The molecule has 12 nitrogen and oxygen atoms in total. The SMILES string of the molecule is COC(=O)c1cc(-c2ccc(C)cc2)c(=O)n(CC2CCOCC2)c1.COC(=O)c1cc(Br)c(=O)n(CC2CCOCC2)c1.Cc1ccc(B(O)O)cc1. The fraction of sp³-hybridized carbons (Fsp3) is 0.400. The van der Waals surface area contributed by atoms with E-state index in [2.05, 4.69) is 20.7 Å². The number of halogens is 1. The molecule has 2 aromatic carbocycles. The number of hydrogen-bond donors (Lipinski definition) is 2. The van der Waals surface area contributed by atoms with Crippen molar-refractivity contribution in [1.29, 1.82) is 0 Å². The average molecular weight is 808 g/mol. The molecule has 2 aliphatic heterocycles. The van der Waals surface area contributed by atoms with E-state index in [1.54, 1.807) is 39.7 Å². The van der Waals surface area contributed by atoms with Crippen molar-refractivity contribution in [2.24, 2.45) is 11.8 Å². The predicted molar refractivity (Wildman–Crippen MR) is 210 cm³/mol. The first-order valence-electron chi connectivity index (χ1n) is 17.9. The Bertz CT molecular complexity index is 1950. The van der Waals surface area contributed by atoms with Crippen molar-refractivity contribution in [2.45, 2.75) is 52.6 Å². The highest BCUT2D eigenvalue weighted by Gasteiger charge is 2.20. The maximum Gasteiger partial charge on any atom is 0.488 e. The van der Waals surface area contributed by atoms with Gasteiger partial charge in [-0.15, -0.1) is 0 Å². The standard InChI is InChI=1S/C20H23NO4.C13H16BrNO4.C7H9BO2/c1-14-3-5-16(6-4-14)18-11-17(20(23)24-2)13-21(19(18)22)12-15-7-9-25-10-8-15;1-18-13(17)10-6-11(14)12(16)15(8-10)7-9-2-4-19-5-3-9;1-6-2-4-7(5-3-6)8(9)10/h3-6,11,13,15H,7-10,12H2,1-2H3;6,8-9H,2-5,7H2,1H3;2-5,9-10H,1H3. The number of nitrogens with zero attached hydrogens (tertiary/aromatic N) is 2. The number of pyridine rings is 2. The number of carbonyl (C=O) groups excluding carboxylic acids is 2. The summed E-state index contributed by atoms with van der Waals surface area (Å²) in [6, 6.07) is 17.9. The Kier molecular flexibility index (Phi) is 16.4. The van der Waals surface area contributed by atoms with Crippen molar-refractivity contribution in [2.75, 3.05) is 40.6 Å². The van der Waals surface area contributed by atoms with E-state index < -0.39 is 19.1 Å². The van der Waals surface area contributed by atoms with Crippen LogP contribution in [-0.4, -0.2) is 78.9 Å². The number of esters is 2. The van der Waals surface area contributed by atoms with Gasteiger partial charge in [-0.3, -0.25) is 9.59 Å². The fourth-order valence-corrected chi connectivity index (χ4v) is 6.53. The molecule has 2 fully saturated rings. The molecular weight excluding hydrogens is 759 g/mol. The lowest BCUT2D eigenvalue weighted by molar-refractivity contribution is 0.0583. The van der Waals surface area contributed by atoms with Crippen LogP contribution in [0.4, 0.5) is 0 Å². The van der Waals surface area contributed by atoms with Crippen LogP contribution in [0.15, 0.2) is 87.1 Å². The third kappa shape index (κ3) is 12.4. The van der Waals surface area contributed by atoms with E-state index in [1.165, 1.54) is 20.3 Å². The molecule has 0 aliphatic carbocycles. The normalized spacial score (nSPS) is 14.5. The molecule has 4 heterocycles. The topological polar surface area (TPSA) is 156 Å². The monoisotopic (exact) mass is 806 g/mol. The first-order chi connectivity index (χ1) is 25.9. The summed E-state index contributed by atoms with van der Waals surface area (Å²) < 4.78 is 23.8. The Balaban J connectivity index is 0.000000197. The van der Waals surface area contributed by atoms with Gasteiger partial charge in [0.25, 0.3) is 11.1 Å². The van der Waals surface area contributed by atoms with Crippen LogP contribution in [0.2, 0.25) is 0 Å². The van der Waals surface area contributed by atoms with Gasteiger partial charge in [-0.05, 0) is 90.5 Å². The number of rotatable bonds is 8. The summed E-state index contributed by atoms with van der Waals surface area (Å²) >= 11 is 3.19. The number of ether oxygens (including phenoxy) is 4. The molecule has 6 rings (SSSR count). The van der Waals surface area contributed by atoms with Gasteiger partial charge in [-0.1, -0.05) is 59.7 Å². The van der Waals surface area contributed by atoms with Crippen molar-refractivity contribution in [3.05, 3.63) is 120 Å². The molecule has 0 atom stereocenters. The van der Waals surface area contributed by atoms with Gasteiger partial charge >= 0.3 is 19.1 Å². The van der Waals surface area contributed by atoms with Gasteiger partial charge in [0.2, 0.25) is 0 Å². The number of hydrogen-bond acceptors (Lipinski definition) is 10. The van der Waals surface area contributed by atoms with E-state index in [0.717, 1.165) is 68.8 Å². The molecule has 2 aliphatic rings. The van der Waals surface area contributed by atoms with E-state index in [9.17, 15) is 19.2 Å². The second-order valence-corrected chi connectivity index (χ2v) is 14.2. The van der Waals surface area contributed by atoms with Crippen LogP contribution in [0.1, 0.15) is 57.5 Å². The highest BCUT2D eigenvalue weighted by atomic mass is 79.9. The Morgan fingerprint density at radius 3 is 1.59 bits per heavy atom. The minimum atomic E-state index is -1.35. The van der Waals surface area contributed by atoms with Gasteiger partial charge in [0.05, 0.1) is 29.8 Å². The molecule has 2 saturated heterocycles. The van der Waals surface area contributed by atoms with Crippen molar-refractivity contribution in [1.82, 2.24) is 9.13 Å². The lowest BCUT2D eigenvalue weighted by Crippen LogP contribution is -2.29. The zero-order valence-corrected chi connectivity index (χ0v) is 32.8. The van der Waals surface area contributed by atoms with Gasteiger partial charge in [-0.25, -0.2) is 9.59 Å². The first kappa shape index (κ1) is 42.4. The molecule has 0 radical (unpaired) electrons. The average Bonchev–Trinajstić information content (AvgIpc) is 3.18. The summed E-state index contributed by atoms with van der Waals surface area (Å²) in [6.07, 6.45) is 6.90. The van der Waals surface area contributed by atoms with Crippen LogP contribution < -0.4 is 16.6 Å². The zero-order valence-electron chi connectivity index (χ0n) is 31.2. The highest BCUT2D eigenvalue weighted by Crippen LogP contribution is 2.21. The van der Waals surface area contributed by atoms with Crippen molar-refractivity contribution >= 4 is 40.4 Å². The molecule has 0 unspecified atom stereocenters. The van der Waals surface area contributed by atoms with E-state index >= 15 is 0 Å². The fourth-order valence-electron chi connectivity index (χ4n) is 6.06. The maximum absolute atomic E-state index is 13.0. The van der Waals surface area contributed by atoms with Crippen LogP contribution in [0.3, 0.4) is 0 Å². The largest absolute Gasteiger partial charge is 0.488 e. The molecule has 288 valence electrons. The maximum atomic E-state index is 13.0. The molecule has 2 N–H and O–H groups in total. The van der Waals surface area contributed by atoms with Gasteiger partial charge in [0, 0.05) is 57.5 Å². The van der Waals surface area contributed by atoms with Crippen molar-refractivity contribution in [3.63, 3.8) is 0 Å². The third-order valence-electron chi connectivity index (χ3n) is 9.30. The van der Waals surface area contributed by atoms with Crippen LogP contribution in [0.25, 0.3) is 11.1 Å². The molecule has 0 amide bonds. The van der Waals surface area contributed by atoms with Crippen LogP contribution >= 0.6 is 15.9 Å². The van der Waals surface area contributed by atoms with E-state index in [4.69, 9.17) is 24.3 Å². The Morgan fingerprint density at radius 2 is 1.15 bits per heavy atom. The number of methoxy groups -OCH3 is 2. The van der Waals surface area contributed by atoms with E-state index in [0.29, 0.717) is 51.6 Å². The second kappa shape index (κ2) is 20.9. The second-order valence-electron chi connectivity index (χ2n) is 13.4. The summed E-state index contributed by atoms with van der Waals surface area (Å²) in [4.78, 5) is 48.6. The smallest absolute Gasteiger partial charge is 0.465 e. The Morgan fingerprint density at radius 1 is 0.722 bits per heavy atom. The first-order valence-corrected chi connectivity index (χ1v) is 18.7. The summed E-state index contributed by atoms with van der Waals surface area (Å²) in [5.74, 6) is -0.0908. The van der Waals surface area contributed by atoms with Crippen molar-refractivity contribution in [3.8, 4) is 11.1 Å². The number of aromatic nitrogens is 2. The van der Waals surface area contributed by atoms with Gasteiger partial charge in [-0.2, -0.15) is 0 Å². The number of benzene rings is 2. The molecule has 54 heavy (non-hydrogen) atoms. The molecule has 4 aromatic rings. The van der Waals surface area contributed by atoms with Crippen LogP contribution in [0, 0.1) is 25.7 Å². The Labute approximate surface area is 323 Å². The Hall–Kier alpha value is -4.34.